The summed E-state index contributed by atoms with van der Waals surface area (Å²) in [5.74, 6) is 4.64. The van der Waals surface area contributed by atoms with E-state index in [0.717, 1.165) is 11.8 Å². The van der Waals surface area contributed by atoms with Gasteiger partial charge in [0.15, 0.2) is 0 Å². The quantitative estimate of drug-likeness (QED) is 0.846. The molecular formula is C15H28OS2. The molecule has 0 aromatic rings. The summed E-state index contributed by atoms with van der Waals surface area (Å²) in [4.78, 5) is 0. The van der Waals surface area contributed by atoms with Crippen LogP contribution in [0.3, 0.4) is 0 Å². The lowest BCUT2D eigenvalue weighted by Gasteiger charge is -2.41. The van der Waals surface area contributed by atoms with Crippen molar-refractivity contribution in [1.29, 1.82) is 0 Å². The number of thioether (sulfide) groups is 2. The lowest BCUT2D eigenvalue weighted by Crippen LogP contribution is -2.42. The van der Waals surface area contributed by atoms with Crippen LogP contribution in [0.25, 0.3) is 0 Å². The minimum Gasteiger partial charge on any atom is -0.392 e. The van der Waals surface area contributed by atoms with Gasteiger partial charge in [-0.2, -0.15) is 23.5 Å². The van der Waals surface area contributed by atoms with Crippen molar-refractivity contribution in [2.24, 2.45) is 17.8 Å². The van der Waals surface area contributed by atoms with Gasteiger partial charge in [-0.05, 0) is 43.4 Å². The Hall–Kier alpha value is 0.660. The fourth-order valence-electron chi connectivity index (χ4n) is 3.81. The van der Waals surface area contributed by atoms with Gasteiger partial charge in [-0.15, -0.1) is 0 Å². The van der Waals surface area contributed by atoms with Crippen LogP contribution in [0.15, 0.2) is 0 Å². The second-order valence-corrected chi connectivity index (χ2v) is 8.95. The number of hydrogen-bond donors (Lipinski definition) is 1. The largest absolute Gasteiger partial charge is 0.392 e. The third-order valence-electron chi connectivity index (χ3n) is 4.53. The van der Waals surface area contributed by atoms with Gasteiger partial charge in [-0.25, -0.2) is 0 Å². The predicted octanol–water partition coefficient (Wildman–Crippen LogP) is 4.05. The van der Waals surface area contributed by atoms with Crippen LogP contribution in [0.1, 0.15) is 46.5 Å². The Bertz CT molecular complexity index is 249. The summed E-state index contributed by atoms with van der Waals surface area (Å²) in [5, 5.41) is 12.0. The molecule has 3 heteroatoms. The molecule has 1 aliphatic heterocycles. The summed E-state index contributed by atoms with van der Waals surface area (Å²) in [6.45, 7) is 6.99. The van der Waals surface area contributed by atoms with Crippen LogP contribution >= 0.6 is 23.5 Å². The summed E-state index contributed by atoms with van der Waals surface area (Å²) >= 11 is 4.11. The summed E-state index contributed by atoms with van der Waals surface area (Å²) < 4.78 is 0. The SMILES string of the molecule is CCC1SCCSC1C(O)C1CC(C)CC(C)C1. The average Bonchev–Trinajstić information content (AvgIpc) is 2.36. The molecule has 2 aliphatic rings. The molecule has 1 aliphatic carbocycles. The van der Waals surface area contributed by atoms with Gasteiger partial charge in [-0.1, -0.05) is 20.8 Å². The molecule has 1 nitrogen and oxygen atoms in total. The number of aliphatic hydroxyl groups is 1. The minimum absolute atomic E-state index is 0.0713. The van der Waals surface area contributed by atoms with Gasteiger partial charge >= 0.3 is 0 Å². The van der Waals surface area contributed by atoms with Gasteiger partial charge in [0.1, 0.15) is 0 Å². The van der Waals surface area contributed by atoms with E-state index in [1.807, 2.05) is 11.8 Å². The fourth-order valence-corrected chi connectivity index (χ4v) is 7.04. The maximum atomic E-state index is 10.8. The second kappa shape index (κ2) is 6.90. The number of aliphatic hydroxyl groups excluding tert-OH is 1. The van der Waals surface area contributed by atoms with E-state index in [2.05, 4.69) is 32.5 Å². The molecule has 0 aromatic heterocycles. The molecule has 0 spiro atoms. The molecule has 5 unspecified atom stereocenters. The van der Waals surface area contributed by atoms with Crippen molar-refractivity contribution in [1.82, 2.24) is 0 Å². The molecule has 18 heavy (non-hydrogen) atoms. The van der Waals surface area contributed by atoms with Gasteiger partial charge in [-0.3, -0.25) is 0 Å². The minimum atomic E-state index is -0.0713. The predicted molar refractivity (Wildman–Crippen MR) is 84.5 cm³/mol. The van der Waals surface area contributed by atoms with Crippen LogP contribution in [0.4, 0.5) is 0 Å². The Morgan fingerprint density at radius 3 is 2.28 bits per heavy atom. The maximum absolute atomic E-state index is 10.8. The zero-order valence-corrected chi connectivity index (χ0v) is 13.6. The molecule has 1 heterocycles. The first-order valence-corrected chi connectivity index (χ1v) is 9.62. The topological polar surface area (TPSA) is 20.2 Å². The first-order valence-electron chi connectivity index (χ1n) is 7.53. The highest BCUT2D eigenvalue weighted by Gasteiger charge is 2.38. The fraction of sp³-hybridized carbons (Fsp3) is 1.00. The summed E-state index contributed by atoms with van der Waals surface area (Å²) in [6, 6.07) is 0. The zero-order valence-electron chi connectivity index (χ0n) is 12.0. The molecule has 0 aromatic carbocycles. The van der Waals surface area contributed by atoms with Gasteiger partial charge in [0, 0.05) is 22.0 Å². The van der Waals surface area contributed by atoms with Crippen LogP contribution in [0, 0.1) is 17.8 Å². The van der Waals surface area contributed by atoms with Gasteiger partial charge < -0.3 is 5.11 Å². The van der Waals surface area contributed by atoms with Crippen LogP contribution in [0.5, 0.6) is 0 Å². The van der Waals surface area contributed by atoms with E-state index >= 15 is 0 Å². The van der Waals surface area contributed by atoms with Crippen molar-refractivity contribution in [2.45, 2.75) is 63.1 Å². The second-order valence-electron chi connectivity index (χ2n) is 6.32. The standard InChI is InChI=1S/C15H28OS2/c1-4-13-15(18-6-5-17-13)14(16)12-8-10(2)7-11(3)9-12/h10-16H,4-9H2,1-3H3. The van der Waals surface area contributed by atoms with Gasteiger partial charge in [0.05, 0.1) is 6.10 Å². The third-order valence-corrected chi connectivity index (χ3v) is 7.89. The van der Waals surface area contributed by atoms with Crippen LogP contribution in [0.2, 0.25) is 0 Å². The lowest BCUT2D eigenvalue weighted by molar-refractivity contribution is 0.0535. The molecule has 0 amide bonds. The molecule has 2 rings (SSSR count). The van der Waals surface area contributed by atoms with Gasteiger partial charge in [0.25, 0.3) is 0 Å². The van der Waals surface area contributed by atoms with Gasteiger partial charge in [0.2, 0.25) is 0 Å². The van der Waals surface area contributed by atoms with Crippen molar-refractivity contribution < 1.29 is 5.11 Å². The first kappa shape index (κ1) is 15.1. The van der Waals surface area contributed by atoms with E-state index in [0.29, 0.717) is 16.4 Å². The molecule has 1 saturated carbocycles. The average molecular weight is 289 g/mol. The van der Waals surface area contributed by atoms with E-state index < -0.39 is 0 Å². The van der Waals surface area contributed by atoms with E-state index in [-0.39, 0.29) is 6.10 Å². The smallest absolute Gasteiger partial charge is 0.0697 e. The molecule has 5 atom stereocenters. The third kappa shape index (κ3) is 3.61. The zero-order chi connectivity index (χ0) is 13.1. The summed E-state index contributed by atoms with van der Waals surface area (Å²) in [7, 11) is 0. The molecule has 0 radical (unpaired) electrons. The van der Waals surface area contributed by atoms with Crippen molar-refractivity contribution >= 4 is 23.5 Å². The molecule has 106 valence electrons. The highest BCUT2D eigenvalue weighted by molar-refractivity contribution is 8.07. The summed E-state index contributed by atoms with van der Waals surface area (Å²) in [6.07, 6.45) is 4.97. The van der Waals surface area contributed by atoms with E-state index in [9.17, 15) is 5.11 Å². The maximum Gasteiger partial charge on any atom is 0.0697 e. The molecule has 0 bridgehead atoms. The Labute approximate surface area is 121 Å². The number of rotatable bonds is 3. The highest BCUT2D eigenvalue weighted by atomic mass is 32.2. The van der Waals surface area contributed by atoms with Crippen molar-refractivity contribution in [3.05, 3.63) is 0 Å². The van der Waals surface area contributed by atoms with Crippen LogP contribution in [-0.2, 0) is 0 Å². The Morgan fingerprint density at radius 2 is 1.67 bits per heavy atom. The normalized spacial score (nSPS) is 43.7. The van der Waals surface area contributed by atoms with Crippen molar-refractivity contribution in [2.75, 3.05) is 11.5 Å². The molecule has 2 fully saturated rings. The molecule has 1 N–H and O–H groups in total. The van der Waals surface area contributed by atoms with Crippen LogP contribution in [-0.4, -0.2) is 33.2 Å². The van der Waals surface area contributed by atoms with E-state index in [1.54, 1.807) is 0 Å². The first-order chi connectivity index (χ1) is 8.61. The monoisotopic (exact) mass is 288 g/mol. The van der Waals surface area contributed by atoms with E-state index in [4.69, 9.17) is 0 Å². The van der Waals surface area contributed by atoms with Crippen LogP contribution < -0.4 is 0 Å². The van der Waals surface area contributed by atoms with E-state index in [1.165, 1.54) is 37.2 Å². The Kier molecular flexibility index (Phi) is 5.77. The molecule has 1 saturated heterocycles. The Balaban J connectivity index is 1.98. The Morgan fingerprint density at radius 1 is 1.06 bits per heavy atom. The lowest BCUT2D eigenvalue weighted by atomic mass is 9.73. The number of hydrogen-bond acceptors (Lipinski definition) is 3. The highest BCUT2D eigenvalue weighted by Crippen LogP contribution is 2.42. The summed E-state index contributed by atoms with van der Waals surface area (Å²) in [5.41, 5.74) is 0. The molecular weight excluding hydrogens is 260 g/mol. The van der Waals surface area contributed by atoms with Crippen molar-refractivity contribution in [3.8, 4) is 0 Å². The van der Waals surface area contributed by atoms with Crippen molar-refractivity contribution in [3.63, 3.8) is 0 Å².